The average molecular weight is 445 g/mol. The fraction of sp³-hybridized carbons (Fsp3) is 0.350. The Morgan fingerprint density at radius 2 is 2.03 bits per heavy atom. The molecule has 2 fully saturated rings. The number of hydrogen-bond donors (Lipinski definition) is 1. The van der Waals surface area contributed by atoms with Gasteiger partial charge in [-0.2, -0.15) is 9.97 Å². The first-order valence-electron chi connectivity index (χ1n) is 9.84. The Kier molecular flexibility index (Phi) is 4.93. The van der Waals surface area contributed by atoms with Crippen molar-refractivity contribution in [2.75, 3.05) is 16.8 Å². The zero-order chi connectivity index (χ0) is 21.5. The van der Waals surface area contributed by atoms with E-state index in [-0.39, 0.29) is 24.4 Å². The summed E-state index contributed by atoms with van der Waals surface area (Å²) in [6, 6.07) is 6.38. The Morgan fingerprint density at radius 1 is 1.26 bits per heavy atom. The maximum atomic E-state index is 14.5. The van der Waals surface area contributed by atoms with E-state index in [0.717, 1.165) is 24.6 Å². The van der Waals surface area contributed by atoms with Crippen LogP contribution in [-0.2, 0) is 4.74 Å². The molecule has 0 radical (unpaired) electrons. The van der Waals surface area contributed by atoms with Gasteiger partial charge in [-0.3, -0.25) is 4.90 Å². The summed E-state index contributed by atoms with van der Waals surface area (Å²) in [7, 11) is 0. The van der Waals surface area contributed by atoms with Crippen LogP contribution >= 0.6 is 11.6 Å². The Hall–Kier alpha value is -3.27. The number of ether oxygens (including phenoxy) is 1. The standard InChI is InChI=1S/C20H18ClFN6O3/c1-10(18-25-16(27-31-18)12-4-6-13(21)7-5-12)24-19-23-8-14(22)17(26-19)28-15(11-2-3-11)9-30-20(28)29/h4-8,10-11,15H,2-3,9H2,1H3,(H,23,24,26)/t10-,15+/m0/s1. The number of carbonyl (C=O) groups excluding carboxylic acids is 1. The first-order valence-corrected chi connectivity index (χ1v) is 10.2. The molecule has 2 aliphatic rings. The number of anilines is 2. The van der Waals surface area contributed by atoms with E-state index in [9.17, 15) is 9.18 Å². The second kappa shape index (κ2) is 7.77. The van der Waals surface area contributed by atoms with Crippen LogP contribution in [0.1, 0.15) is 31.7 Å². The number of aromatic nitrogens is 4. The fourth-order valence-electron chi connectivity index (χ4n) is 3.49. The second-order valence-corrected chi connectivity index (χ2v) is 7.98. The van der Waals surface area contributed by atoms with Crippen LogP contribution in [0.4, 0.5) is 21.0 Å². The summed E-state index contributed by atoms with van der Waals surface area (Å²) in [5.41, 5.74) is 0.755. The summed E-state index contributed by atoms with van der Waals surface area (Å²) in [5.74, 6) is 0.358. The smallest absolute Gasteiger partial charge is 0.416 e. The summed E-state index contributed by atoms with van der Waals surface area (Å²) in [6.07, 6.45) is 2.40. The van der Waals surface area contributed by atoms with Gasteiger partial charge in [0.05, 0.1) is 12.2 Å². The summed E-state index contributed by atoms with van der Waals surface area (Å²) in [5, 5.41) is 7.60. The van der Waals surface area contributed by atoms with Crippen LogP contribution in [-0.4, -0.2) is 38.9 Å². The van der Waals surface area contributed by atoms with Crippen LogP contribution in [0, 0.1) is 11.7 Å². The molecule has 0 spiro atoms. The van der Waals surface area contributed by atoms with Gasteiger partial charge in [0.25, 0.3) is 0 Å². The first-order chi connectivity index (χ1) is 15.0. The van der Waals surface area contributed by atoms with Crippen molar-refractivity contribution in [2.45, 2.75) is 31.8 Å². The molecule has 5 rings (SSSR count). The zero-order valence-electron chi connectivity index (χ0n) is 16.5. The molecule has 1 saturated heterocycles. The molecule has 2 atom stereocenters. The van der Waals surface area contributed by atoms with Gasteiger partial charge in [0.1, 0.15) is 12.6 Å². The molecule has 3 heterocycles. The van der Waals surface area contributed by atoms with Crippen LogP contribution in [0.25, 0.3) is 11.4 Å². The van der Waals surface area contributed by atoms with Crippen LogP contribution in [0.15, 0.2) is 35.0 Å². The number of rotatable bonds is 6. The van der Waals surface area contributed by atoms with Gasteiger partial charge < -0.3 is 14.6 Å². The molecule has 1 aromatic carbocycles. The molecule has 11 heteroatoms. The van der Waals surface area contributed by atoms with E-state index in [1.165, 1.54) is 4.90 Å². The summed E-state index contributed by atoms with van der Waals surface area (Å²) < 4.78 is 24.9. The third-order valence-electron chi connectivity index (χ3n) is 5.29. The van der Waals surface area contributed by atoms with Gasteiger partial charge in [-0.1, -0.05) is 16.8 Å². The lowest BCUT2D eigenvalue weighted by atomic mass is 10.2. The molecule has 31 heavy (non-hydrogen) atoms. The van der Waals surface area contributed by atoms with Gasteiger partial charge in [0, 0.05) is 10.6 Å². The van der Waals surface area contributed by atoms with E-state index in [4.69, 9.17) is 20.9 Å². The monoisotopic (exact) mass is 444 g/mol. The van der Waals surface area contributed by atoms with E-state index < -0.39 is 18.0 Å². The molecule has 1 N–H and O–H groups in total. The Balaban J connectivity index is 1.35. The van der Waals surface area contributed by atoms with Gasteiger partial charge >= 0.3 is 6.09 Å². The van der Waals surface area contributed by atoms with Crippen molar-refractivity contribution in [3.05, 3.63) is 47.2 Å². The number of halogens is 2. The van der Waals surface area contributed by atoms with E-state index >= 15 is 0 Å². The van der Waals surface area contributed by atoms with Crippen molar-refractivity contribution in [1.82, 2.24) is 20.1 Å². The maximum Gasteiger partial charge on any atom is 0.416 e. The lowest BCUT2D eigenvalue weighted by molar-refractivity contribution is 0.178. The van der Waals surface area contributed by atoms with Crippen LogP contribution in [0.5, 0.6) is 0 Å². The normalized spacial score (nSPS) is 19.4. The summed E-state index contributed by atoms with van der Waals surface area (Å²) in [4.78, 5) is 26.1. The largest absolute Gasteiger partial charge is 0.447 e. The predicted octanol–water partition coefficient (Wildman–Crippen LogP) is 4.23. The highest BCUT2D eigenvalue weighted by Crippen LogP contribution is 2.40. The molecular formula is C20H18ClFN6O3. The molecule has 1 aliphatic carbocycles. The van der Waals surface area contributed by atoms with Crippen molar-refractivity contribution >= 4 is 29.5 Å². The first kappa shape index (κ1) is 19.7. The Bertz CT molecular complexity index is 1120. The molecule has 160 valence electrons. The Morgan fingerprint density at radius 3 is 2.77 bits per heavy atom. The molecule has 9 nitrogen and oxygen atoms in total. The number of cyclic esters (lactones) is 1. The van der Waals surface area contributed by atoms with Gasteiger partial charge in [-0.25, -0.2) is 14.2 Å². The molecule has 2 aromatic heterocycles. The molecule has 0 bridgehead atoms. The Labute approximate surface area is 181 Å². The quantitative estimate of drug-likeness (QED) is 0.602. The van der Waals surface area contributed by atoms with Crippen molar-refractivity contribution in [2.24, 2.45) is 5.92 Å². The minimum atomic E-state index is -0.689. The van der Waals surface area contributed by atoms with Crippen molar-refractivity contribution < 1.29 is 18.4 Å². The van der Waals surface area contributed by atoms with Gasteiger partial charge in [-0.15, -0.1) is 0 Å². The van der Waals surface area contributed by atoms with E-state index in [0.29, 0.717) is 22.7 Å². The maximum absolute atomic E-state index is 14.5. The molecule has 1 aliphatic heterocycles. The number of nitrogens with one attached hydrogen (secondary N) is 1. The highest BCUT2D eigenvalue weighted by atomic mass is 35.5. The number of amides is 1. The fourth-order valence-corrected chi connectivity index (χ4v) is 3.61. The minimum Gasteiger partial charge on any atom is -0.447 e. The lowest BCUT2D eigenvalue weighted by Crippen LogP contribution is -2.36. The van der Waals surface area contributed by atoms with Crippen LogP contribution in [0.3, 0.4) is 0 Å². The predicted molar refractivity (Wildman–Crippen MR) is 109 cm³/mol. The highest BCUT2D eigenvalue weighted by Gasteiger charge is 2.45. The number of carbonyl (C=O) groups is 1. The molecule has 3 aromatic rings. The average Bonchev–Trinajstić information content (AvgIpc) is 3.35. The molecule has 1 amide bonds. The molecule has 1 saturated carbocycles. The third kappa shape index (κ3) is 3.90. The van der Waals surface area contributed by atoms with Crippen molar-refractivity contribution in [3.63, 3.8) is 0 Å². The van der Waals surface area contributed by atoms with E-state index in [1.807, 2.05) is 0 Å². The van der Waals surface area contributed by atoms with Crippen LogP contribution < -0.4 is 10.2 Å². The van der Waals surface area contributed by atoms with Crippen molar-refractivity contribution in [3.8, 4) is 11.4 Å². The van der Waals surface area contributed by atoms with Gasteiger partial charge in [0.2, 0.25) is 17.7 Å². The topological polar surface area (TPSA) is 106 Å². The van der Waals surface area contributed by atoms with E-state index in [2.05, 4.69) is 25.4 Å². The SMILES string of the molecule is C[C@H](Nc1ncc(F)c(N2C(=O)OC[C@@H]2C2CC2)n1)c1nc(-c2ccc(Cl)cc2)no1. The zero-order valence-corrected chi connectivity index (χ0v) is 17.2. The molecular weight excluding hydrogens is 427 g/mol. The number of hydrogen-bond acceptors (Lipinski definition) is 8. The minimum absolute atomic E-state index is 0.100. The number of nitrogens with zero attached hydrogens (tertiary/aromatic N) is 5. The second-order valence-electron chi connectivity index (χ2n) is 7.55. The lowest BCUT2D eigenvalue weighted by Gasteiger charge is -2.21. The van der Waals surface area contributed by atoms with E-state index in [1.54, 1.807) is 31.2 Å². The van der Waals surface area contributed by atoms with Gasteiger partial charge in [-0.05, 0) is 49.9 Å². The summed E-state index contributed by atoms with van der Waals surface area (Å²) >= 11 is 5.91. The summed E-state index contributed by atoms with van der Waals surface area (Å²) in [6.45, 7) is 2.02. The number of benzene rings is 1. The van der Waals surface area contributed by atoms with Crippen LogP contribution in [0.2, 0.25) is 5.02 Å². The highest BCUT2D eigenvalue weighted by molar-refractivity contribution is 6.30. The molecule has 0 unspecified atom stereocenters. The third-order valence-corrected chi connectivity index (χ3v) is 5.54. The van der Waals surface area contributed by atoms with Crippen molar-refractivity contribution in [1.29, 1.82) is 0 Å². The van der Waals surface area contributed by atoms with Gasteiger partial charge in [0.15, 0.2) is 11.6 Å².